The van der Waals surface area contributed by atoms with Gasteiger partial charge in [-0.05, 0) is 24.8 Å². The minimum Gasteiger partial charge on any atom is -0.440 e. The van der Waals surface area contributed by atoms with E-state index in [1.54, 1.807) is 6.08 Å². The Morgan fingerprint density at radius 2 is 2.13 bits per heavy atom. The molecule has 0 N–H and O–H groups in total. The highest BCUT2D eigenvalue weighted by Gasteiger charge is 2.31. The van der Waals surface area contributed by atoms with Crippen molar-refractivity contribution < 1.29 is 9.53 Å². The van der Waals surface area contributed by atoms with Crippen LogP contribution in [0.15, 0.2) is 12.7 Å². The van der Waals surface area contributed by atoms with Gasteiger partial charge >= 0.3 is 6.09 Å². The first-order valence-corrected chi connectivity index (χ1v) is 5.87. The van der Waals surface area contributed by atoms with Gasteiger partial charge in [-0.2, -0.15) is 0 Å². The Balaban J connectivity index is 1.83. The lowest BCUT2D eigenvalue weighted by Gasteiger charge is -2.25. The van der Waals surface area contributed by atoms with E-state index in [1.165, 1.54) is 32.1 Å². The van der Waals surface area contributed by atoms with Gasteiger partial charge in [0.2, 0.25) is 0 Å². The highest BCUT2D eigenvalue weighted by molar-refractivity contribution is 5.70. The summed E-state index contributed by atoms with van der Waals surface area (Å²) in [7, 11) is 0. The summed E-state index contributed by atoms with van der Waals surface area (Å²) in [5.74, 6) is 0.690. The van der Waals surface area contributed by atoms with E-state index in [9.17, 15) is 4.79 Å². The van der Waals surface area contributed by atoms with Crippen molar-refractivity contribution in [3.63, 3.8) is 0 Å². The van der Waals surface area contributed by atoms with Crippen LogP contribution in [-0.4, -0.2) is 30.2 Å². The molecule has 15 heavy (non-hydrogen) atoms. The monoisotopic (exact) mass is 209 g/mol. The van der Waals surface area contributed by atoms with Crippen molar-refractivity contribution in [2.24, 2.45) is 5.92 Å². The number of hydrogen-bond donors (Lipinski definition) is 0. The topological polar surface area (TPSA) is 29.5 Å². The number of nitrogens with zero attached hydrogens (tertiary/aromatic N) is 1. The number of carbonyl (C=O) groups is 1. The molecule has 0 radical (unpaired) electrons. The maximum atomic E-state index is 11.5. The van der Waals surface area contributed by atoms with Gasteiger partial charge in [-0.15, -0.1) is 0 Å². The second-order valence-corrected chi connectivity index (χ2v) is 4.57. The van der Waals surface area contributed by atoms with Crippen LogP contribution in [0.3, 0.4) is 0 Å². The fraction of sp³-hybridized carbons (Fsp3) is 0.750. The largest absolute Gasteiger partial charge is 0.440 e. The van der Waals surface area contributed by atoms with Gasteiger partial charge in [0.15, 0.2) is 0 Å². The summed E-state index contributed by atoms with van der Waals surface area (Å²) >= 11 is 0. The van der Waals surface area contributed by atoms with E-state index in [4.69, 9.17) is 4.74 Å². The second kappa shape index (κ2) is 4.69. The molecule has 0 aromatic rings. The third-order valence-electron chi connectivity index (χ3n) is 3.38. The van der Waals surface area contributed by atoms with E-state index in [-0.39, 0.29) is 12.2 Å². The lowest BCUT2D eigenvalue weighted by Crippen LogP contribution is -2.31. The van der Waals surface area contributed by atoms with Crippen molar-refractivity contribution in [1.82, 2.24) is 4.90 Å². The summed E-state index contributed by atoms with van der Waals surface area (Å²) < 4.78 is 5.13. The van der Waals surface area contributed by atoms with E-state index in [0.717, 1.165) is 6.54 Å². The number of hydrogen-bond acceptors (Lipinski definition) is 2. The number of ether oxygens (including phenoxy) is 1. The first-order chi connectivity index (χ1) is 7.29. The first kappa shape index (κ1) is 10.5. The van der Waals surface area contributed by atoms with Gasteiger partial charge in [0.1, 0.15) is 6.10 Å². The highest BCUT2D eigenvalue weighted by atomic mass is 16.6. The fourth-order valence-corrected chi connectivity index (χ4v) is 2.49. The normalized spacial score (nSPS) is 27.9. The van der Waals surface area contributed by atoms with Gasteiger partial charge < -0.3 is 9.64 Å². The van der Waals surface area contributed by atoms with E-state index in [0.29, 0.717) is 12.5 Å². The molecule has 2 fully saturated rings. The second-order valence-electron chi connectivity index (χ2n) is 4.57. The van der Waals surface area contributed by atoms with Gasteiger partial charge in [-0.3, -0.25) is 0 Å². The van der Waals surface area contributed by atoms with Gasteiger partial charge in [-0.1, -0.05) is 25.8 Å². The molecular weight excluding hydrogens is 190 g/mol. The molecule has 3 heteroatoms. The smallest absolute Gasteiger partial charge is 0.410 e. The average molecular weight is 209 g/mol. The number of carbonyl (C=O) groups excluding carboxylic acids is 1. The molecule has 2 rings (SSSR count). The third-order valence-corrected chi connectivity index (χ3v) is 3.38. The molecule has 0 aromatic heterocycles. The van der Waals surface area contributed by atoms with E-state index in [1.807, 2.05) is 4.90 Å². The molecule has 1 aliphatic carbocycles. The van der Waals surface area contributed by atoms with Crippen molar-refractivity contribution in [3.8, 4) is 0 Å². The summed E-state index contributed by atoms with van der Waals surface area (Å²) in [6, 6.07) is 0. The molecule has 1 heterocycles. The van der Waals surface area contributed by atoms with Gasteiger partial charge in [0.05, 0.1) is 6.54 Å². The molecule has 0 spiro atoms. The minimum atomic E-state index is -0.162. The molecule has 3 nitrogen and oxygen atoms in total. The molecular formula is C12H19NO2. The van der Waals surface area contributed by atoms with Crippen LogP contribution in [0.2, 0.25) is 0 Å². The van der Waals surface area contributed by atoms with Gasteiger partial charge in [0.25, 0.3) is 0 Å². The summed E-state index contributed by atoms with van der Waals surface area (Å²) in [6.45, 7) is 5.23. The van der Waals surface area contributed by atoms with Crippen molar-refractivity contribution in [3.05, 3.63) is 12.7 Å². The maximum Gasteiger partial charge on any atom is 0.410 e. The van der Waals surface area contributed by atoms with E-state index >= 15 is 0 Å². The van der Waals surface area contributed by atoms with Crippen LogP contribution in [0.5, 0.6) is 0 Å². The Hall–Kier alpha value is -0.990. The SMILES string of the molecule is C=C[C@H]1CN(CC2CCCCC2)C(=O)O1. The highest BCUT2D eigenvalue weighted by Crippen LogP contribution is 2.26. The Morgan fingerprint density at radius 3 is 2.73 bits per heavy atom. The molecule has 0 unspecified atom stereocenters. The minimum absolute atomic E-state index is 0.0962. The van der Waals surface area contributed by atoms with Crippen LogP contribution in [0.4, 0.5) is 4.79 Å². The lowest BCUT2D eigenvalue weighted by atomic mass is 9.89. The van der Waals surface area contributed by atoms with Gasteiger partial charge in [0, 0.05) is 6.54 Å². The summed E-state index contributed by atoms with van der Waals surface area (Å²) in [5, 5.41) is 0. The number of rotatable bonds is 3. The molecule has 1 saturated heterocycles. The van der Waals surface area contributed by atoms with Gasteiger partial charge in [-0.25, -0.2) is 4.79 Å². The van der Waals surface area contributed by atoms with Crippen LogP contribution in [0, 0.1) is 5.92 Å². The van der Waals surface area contributed by atoms with Crippen molar-refractivity contribution in [2.45, 2.75) is 38.2 Å². The van der Waals surface area contributed by atoms with Crippen LogP contribution in [0.1, 0.15) is 32.1 Å². The molecule has 1 saturated carbocycles. The van der Waals surface area contributed by atoms with Crippen molar-refractivity contribution in [1.29, 1.82) is 0 Å². The number of cyclic esters (lactones) is 1. The molecule has 1 amide bonds. The van der Waals surface area contributed by atoms with E-state index in [2.05, 4.69) is 6.58 Å². The Labute approximate surface area is 91.1 Å². The third kappa shape index (κ3) is 2.52. The Bertz CT molecular complexity index is 246. The van der Waals surface area contributed by atoms with Crippen LogP contribution in [-0.2, 0) is 4.74 Å². The first-order valence-electron chi connectivity index (χ1n) is 5.87. The molecule has 1 atom stereocenters. The van der Waals surface area contributed by atoms with Crippen molar-refractivity contribution >= 4 is 6.09 Å². The quantitative estimate of drug-likeness (QED) is 0.668. The average Bonchev–Trinajstić information content (AvgIpc) is 2.61. The van der Waals surface area contributed by atoms with Crippen LogP contribution >= 0.6 is 0 Å². The fourth-order valence-electron chi connectivity index (χ4n) is 2.49. The molecule has 0 aromatic carbocycles. The summed E-state index contributed by atoms with van der Waals surface area (Å²) in [4.78, 5) is 13.3. The molecule has 84 valence electrons. The zero-order chi connectivity index (χ0) is 10.7. The number of amides is 1. The Kier molecular flexibility index (Phi) is 3.29. The predicted octanol–water partition coefficient (Wildman–Crippen LogP) is 2.57. The maximum absolute atomic E-state index is 11.5. The molecule has 1 aliphatic heterocycles. The molecule has 2 aliphatic rings. The lowest BCUT2D eigenvalue weighted by molar-refractivity contribution is 0.140. The standard InChI is InChI=1S/C12H19NO2/c1-2-11-9-13(12(14)15-11)8-10-6-4-3-5-7-10/h2,10-11H,1,3-9H2/t11-/m0/s1. The molecule has 0 bridgehead atoms. The zero-order valence-electron chi connectivity index (χ0n) is 9.15. The Morgan fingerprint density at radius 1 is 1.40 bits per heavy atom. The summed E-state index contributed by atoms with van der Waals surface area (Å²) in [5.41, 5.74) is 0. The predicted molar refractivity (Wildman–Crippen MR) is 58.6 cm³/mol. The van der Waals surface area contributed by atoms with E-state index < -0.39 is 0 Å². The zero-order valence-corrected chi connectivity index (χ0v) is 9.15. The van der Waals surface area contributed by atoms with Crippen molar-refractivity contribution in [2.75, 3.05) is 13.1 Å². The van der Waals surface area contributed by atoms with Crippen LogP contribution in [0.25, 0.3) is 0 Å². The van der Waals surface area contributed by atoms with Crippen LogP contribution < -0.4 is 0 Å². The summed E-state index contributed by atoms with van der Waals surface area (Å²) in [6.07, 6.45) is 7.98.